The normalized spacial score (nSPS) is 11.3. The molecule has 0 aliphatic heterocycles. The highest BCUT2D eigenvalue weighted by atomic mass is 32.2. The SMILES string of the molecule is CS(C)=C(C(=O)c1ccccc1)/C(=C/C(=O)c1ccccc1)c1ccccc1. The van der Waals surface area contributed by atoms with E-state index in [2.05, 4.69) is 0 Å². The second kappa shape index (κ2) is 9.25. The Morgan fingerprint density at radius 1 is 0.643 bits per heavy atom. The highest BCUT2D eigenvalue weighted by molar-refractivity contribution is 8.16. The fraction of sp³-hybridized carbons (Fsp3) is 0.0800. The molecule has 0 bridgehead atoms. The zero-order chi connectivity index (χ0) is 19.9. The maximum atomic E-state index is 13.3. The van der Waals surface area contributed by atoms with E-state index in [0.29, 0.717) is 21.6 Å². The van der Waals surface area contributed by atoms with E-state index in [4.69, 9.17) is 0 Å². The van der Waals surface area contributed by atoms with Crippen LogP contribution in [0.2, 0.25) is 0 Å². The third-order valence-electron chi connectivity index (χ3n) is 4.31. The van der Waals surface area contributed by atoms with Crippen LogP contribution in [-0.4, -0.2) is 28.9 Å². The molecule has 3 rings (SSSR count). The predicted molar refractivity (Wildman–Crippen MR) is 120 cm³/mol. The molecule has 0 spiro atoms. The molecule has 0 saturated heterocycles. The van der Waals surface area contributed by atoms with Crippen LogP contribution in [0.5, 0.6) is 0 Å². The van der Waals surface area contributed by atoms with E-state index in [1.165, 1.54) is 0 Å². The lowest BCUT2D eigenvalue weighted by Crippen LogP contribution is -2.17. The number of allylic oxidation sites excluding steroid dienone is 2. The molecule has 0 amide bonds. The largest absolute Gasteiger partial charge is 0.289 e. The predicted octanol–water partition coefficient (Wildman–Crippen LogP) is 5.54. The van der Waals surface area contributed by atoms with Crippen LogP contribution in [-0.2, 0) is 0 Å². The first-order chi connectivity index (χ1) is 13.6. The quantitative estimate of drug-likeness (QED) is 0.317. The molecule has 0 N–H and O–H groups in total. The second-order valence-electron chi connectivity index (χ2n) is 6.50. The Labute approximate surface area is 168 Å². The average molecular weight is 387 g/mol. The summed E-state index contributed by atoms with van der Waals surface area (Å²) in [5.74, 6) is -0.145. The molecular formula is C25H22O2S. The monoisotopic (exact) mass is 386 g/mol. The summed E-state index contributed by atoms with van der Waals surface area (Å²) in [6.45, 7) is 0. The van der Waals surface area contributed by atoms with Crippen molar-refractivity contribution in [1.82, 2.24) is 0 Å². The van der Waals surface area contributed by atoms with Gasteiger partial charge >= 0.3 is 0 Å². The Balaban J connectivity index is 2.15. The van der Waals surface area contributed by atoms with Crippen LogP contribution in [0.4, 0.5) is 0 Å². The molecule has 0 aliphatic rings. The lowest BCUT2D eigenvalue weighted by Gasteiger charge is -2.15. The van der Waals surface area contributed by atoms with Crippen LogP contribution in [0, 0.1) is 0 Å². The van der Waals surface area contributed by atoms with Gasteiger partial charge in [-0.15, -0.1) is 0 Å². The van der Waals surface area contributed by atoms with Gasteiger partial charge in [-0.05, 0) is 24.2 Å². The molecule has 2 nitrogen and oxygen atoms in total. The average Bonchev–Trinajstić information content (AvgIpc) is 2.74. The van der Waals surface area contributed by atoms with E-state index in [1.807, 2.05) is 91.4 Å². The maximum Gasteiger partial charge on any atom is 0.199 e. The zero-order valence-corrected chi connectivity index (χ0v) is 16.8. The minimum Gasteiger partial charge on any atom is -0.289 e. The lowest BCUT2D eigenvalue weighted by molar-refractivity contribution is 0.104. The first kappa shape index (κ1) is 19.7. The number of hydrogen-bond donors (Lipinski definition) is 0. The van der Waals surface area contributed by atoms with E-state index in [-0.39, 0.29) is 22.1 Å². The van der Waals surface area contributed by atoms with Gasteiger partial charge in [-0.3, -0.25) is 9.59 Å². The zero-order valence-electron chi connectivity index (χ0n) is 16.0. The topological polar surface area (TPSA) is 34.1 Å². The van der Waals surface area contributed by atoms with Crippen molar-refractivity contribution in [3.63, 3.8) is 0 Å². The summed E-state index contributed by atoms with van der Waals surface area (Å²) in [5, 5.41) is 0. The number of carbonyl (C=O) groups is 2. The fourth-order valence-electron chi connectivity index (χ4n) is 2.96. The number of Topliss-reactive ketones (excluding diaryl/α,β-unsaturated/α-hetero) is 1. The smallest absolute Gasteiger partial charge is 0.199 e. The van der Waals surface area contributed by atoms with Crippen LogP contribution in [0.1, 0.15) is 26.3 Å². The summed E-state index contributed by atoms with van der Waals surface area (Å²) in [6, 6.07) is 28.0. The van der Waals surface area contributed by atoms with Gasteiger partial charge in [0.05, 0.1) is 4.86 Å². The maximum absolute atomic E-state index is 13.3. The highest BCUT2D eigenvalue weighted by Crippen LogP contribution is 2.25. The first-order valence-corrected chi connectivity index (χ1v) is 11.0. The molecule has 0 fully saturated rings. The van der Waals surface area contributed by atoms with Gasteiger partial charge in [0.25, 0.3) is 0 Å². The van der Waals surface area contributed by atoms with Crippen molar-refractivity contribution in [2.24, 2.45) is 0 Å². The van der Waals surface area contributed by atoms with Gasteiger partial charge in [0.2, 0.25) is 0 Å². The number of carbonyl (C=O) groups excluding carboxylic acids is 2. The number of hydrogen-bond acceptors (Lipinski definition) is 2. The Bertz CT molecular complexity index is 1030. The van der Waals surface area contributed by atoms with E-state index in [1.54, 1.807) is 18.2 Å². The summed E-state index contributed by atoms with van der Waals surface area (Å²) < 4.78 is 0. The minimum atomic E-state index is -0.341. The van der Waals surface area contributed by atoms with Gasteiger partial charge in [-0.2, -0.15) is 10.5 Å². The Morgan fingerprint density at radius 2 is 1.07 bits per heavy atom. The molecule has 3 aromatic rings. The van der Waals surface area contributed by atoms with Crippen LogP contribution < -0.4 is 0 Å². The van der Waals surface area contributed by atoms with Crippen molar-refractivity contribution in [1.29, 1.82) is 0 Å². The summed E-state index contributed by atoms with van der Waals surface area (Å²) in [4.78, 5) is 26.9. The third kappa shape index (κ3) is 4.62. The molecule has 0 saturated carbocycles. The molecule has 3 heteroatoms. The van der Waals surface area contributed by atoms with Gasteiger partial charge in [0.1, 0.15) is 0 Å². The number of rotatable bonds is 6. The van der Waals surface area contributed by atoms with Gasteiger partial charge in [-0.1, -0.05) is 91.0 Å². The minimum absolute atomic E-state index is 0.0371. The van der Waals surface area contributed by atoms with E-state index < -0.39 is 0 Å². The number of benzene rings is 3. The molecule has 0 atom stereocenters. The molecule has 0 unspecified atom stereocenters. The lowest BCUT2D eigenvalue weighted by atomic mass is 9.95. The van der Waals surface area contributed by atoms with Crippen molar-refractivity contribution >= 4 is 32.5 Å². The van der Waals surface area contributed by atoms with Crippen molar-refractivity contribution in [3.05, 3.63) is 114 Å². The molecule has 0 radical (unpaired) electrons. The van der Waals surface area contributed by atoms with Gasteiger partial charge in [0.15, 0.2) is 11.6 Å². The summed E-state index contributed by atoms with van der Waals surface area (Å²) >= 11 is 0. The van der Waals surface area contributed by atoms with Crippen LogP contribution >= 0.6 is 10.5 Å². The van der Waals surface area contributed by atoms with Crippen LogP contribution in [0.15, 0.2) is 97.1 Å². The highest BCUT2D eigenvalue weighted by Gasteiger charge is 2.20. The van der Waals surface area contributed by atoms with Crippen LogP contribution in [0.25, 0.3) is 5.57 Å². The van der Waals surface area contributed by atoms with E-state index in [0.717, 1.165) is 5.56 Å². The summed E-state index contributed by atoms with van der Waals surface area (Å²) in [5.41, 5.74) is 2.80. The van der Waals surface area contributed by atoms with Crippen molar-refractivity contribution < 1.29 is 9.59 Å². The molecule has 3 aromatic carbocycles. The molecule has 0 aliphatic carbocycles. The Kier molecular flexibility index (Phi) is 6.51. The van der Waals surface area contributed by atoms with Crippen LogP contribution in [0.3, 0.4) is 0 Å². The standard InChI is InChI=1S/C25H22O2S/c1-28(2)25(24(27)21-16-10-5-11-17-21)22(19-12-6-3-7-13-19)18-23(26)20-14-8-4-9-15-20/h3-18H,1-2H3/b22-18+. The third-order valence-corrected chi connectivity index (χ3v) is 5.54. The van der Waals surface area contributed by atoms with Gasteiger partial charge in [0, 0.05) is 16.7 Å². The van der Waals surface area contributed by atoms with Crippen molar-refractivity contribution in [2.75, 3.05) is 12.5 Å². The van der Waals surface area contributed by atoms with Crippen molar-refractivity contribution in [2.45, 2.75) is 0 Å². The molecule has 140 valence electrons. The summed E-state index contributed by atoms with van der Waals surface area (Å²) in [6.07, 6.45) is 5.63. The Morgan fingerprint density at radius 3 is 1.54 bits per heavy atom. The number of ketones is 2. The fourth-order valence-corrected chi connectivity index (χ4v) is 4.07. The van der Waals surface area contributed by atoms with E-state index >= 15 is 0 Å². The molecule has 28 heavy (non-hydrogen) atoms. The van der Waals surface area contributed by atoms with Crippen molar-refractivity contribution in [3.8, 4) is 0 Å². The summed E-state index contributed by atoms with van der Waals surface area (Å²) in [7, 11) is -0.341. The molecule has 0 heterocycles. The Hall–Kier alpha value is -3.04. The van der Waals surface area contributed by atoms with Gasteiger partial charge < -0.3 is 0 Å². The van der Waals surface area contributed by atoms with E-state index in [9.17, 15) is 9.59 Å². The first-order valence-electron chi connectivity index (χ1n) is 8.99. The second-order valence-corrected chi connectivity index (χ2v) is 8.54. The van der Waals surface area contributed by atoms with Gasteiger partial charge in [-0.25, -0.2) is 0 Å². The molecular weight excluding hydrogens is 364 g/mol. The molecule has 0 aromatic heterocycles.